The van der Waals surface area contributed by atoms with Crippen LogP contribution < -0.4 is 5.73 Å². The highest BCUT2D eigenvalue weighted by atomic mass is 16.1. The van der Waals surface area contributed by atoms with E-state index in [0.29, 0.717) is 24.5 Å². The quantitative estimate of drug-likeness (QED) is 0.577. The van der Waals surface area contributed by atoms with Gasteiger partial charge in [-0.15, -0.1) is 6.58 Å². The van der Waals surface area contributed by atoms with E-state index in [1.54, 1.807) is 6.08 Å². The maximum Gasteiger partial charge on any atom is 0.136 e. The Morgan fingerprint density at radius 1 is 1.43 bits per heavy atom. The fraction of sp³-hybridized carbons (Fsp3) is 0.750. The molecule has 0 aromatic heterocycles. The second-order valence-electron chi connectivity index (χ2n) is 3.80. The van der Waals surface area contributed by atoms with Crippen LogP contribution in [-0.2, 0) is 4.79 Å². The van der Waals surface area contributed by atoms with Gasteiger partial charge in [-0.2, -0.15) is 0 Å². The molecule has 1 unspecified atom stereocenters. The van der Waals surface area contributed by atoms with Crippen molar-refractivity contribution in [2.24, 2.45) is 11.7 Å². The molecule has 82 valence electrons. The second kappa shape index (κ2) is 8.95. The molecule has 2 N–H and O–H groups in total. The molecule has 2 nitrogen and oxygen atoms in total. The number of hydrogen-bond donors (Lipinski definition) is 1. The van der Waals surface area contributed by atoms with Gasteiger partial charge in [0.05, 0.1) is 0 Å². The molecule has 0 saturated carbocycles. The van der Waals surface area contributed by atoms with Gasteiger partial charge < -0.3 is 5.73 Å². The maximum atomic E-state index is 11.3. The molecule has 2 heteroatoms. The number of carbonyl (C=O) groups excluding carboxylic acids is 1. The summed E-state index contributed by atoms with van der Waals surface area (Å²) in [6.45, 7) is 6.47. The maximum absolute atomic E-state index is 11.3. The third-order valence-corrected chi connectivity index (χ3v) is 2.48. The van der Waals surface area contributed by atoms with Gasteiger partial charge in [-0.1, -0.05) is 25.8 Å². The van der Waals surface area contributed by atoms with Crippen LogP contribution in [0.25, 0.3) is 0 Å². The molecule has 1 atom stereocenters. The van der Waals surface area contributed by atoms with Crippen molar-refractivity contribution >= 4 is 5.78 Å². The minimum Gasteiger partial charge on any atom is -0.330 e. The summed E-state index contributed by atoms with van der Waals surface area (Å²) in [7, 11) is 0. The second-order valence-corrected chi connectivity index (χ2v) is 3.80. The van der Waals surface area contributed by atoms with Crippen LogP contribution in [0.4, 0.5) is 0 Å². The van der Waals surface area contributed by atoms with Crippen LogP contribution in [0.1, 0.15) is 45.4 Å². The summed E-state index contributed by atoms with van der Waals surface area (Å²) in [4.78, 5) is 11.3. The number of allylic oxidation sites excluding steroid dienone is 1. The Labute approximate surface area is 87.6 Å². The molecule has 0 amide bonds. The summed E-state index contributed by atoms with van der Waals surface area (Å²) in [6.07, 6.45) is 7.31. The molecule has 0 aromatic rings. The lowest BCUT2D eigenvalue weighted by Crippen LogP contribution is -2.10. The molecule has 0 heterocycles. The van der Waals surface area contributed by atoms with E-state index in [-0.39, 0.29) is 0 Å². The van der Waals surface area contributed by atoms with E-state index >= 15 is 0 Å². The van der Waals surface area contributed by atoms with Gasteiger partial charge in [0.2, 0.25) is 0 Å². The smallest absolute Gasteiger partial charge is 0.136 e. The van der Waals surface area contributed by atoms with Crippen molar-refractivity contribution in [1.82, 2.24) is 0 Å². The first-order valence-corrected chi connectivity index (χ1v) is 5.57. The molecule has 0 aliphatic carbocycles. The third-order valence-electron chi connectivity index (χ3n) is 2.48. The van der Waals surface area contributed by atoms with Crippen LogP contribution in [0.15, 0.2) is 12.7 Å². The van der Waals surface area contributed by atoms with E-state index in [2.05, 4.69) is 13.5 Å². The van der Waals surface area contributed by atoms with Gasteiger partial charge >= 0.3 is 0 Å². The Bertz CT molecular complexity index is 160. The molecule has 0 aliphatic rings. The summed E-state index contributed by atoms with van der Waals surface area (Å²) < 4.78 is 0. The number of carbonyl (C=O) groups is 1. The molecule has 0 aliphatic heterocycles. The average molecular weight is 197 g/mol. The van der Waals surface area contributed by atoms with Crippen molar-refractivity contribution < 1.29 is 4.79 Å². The Morgan fingerprint density at radius 2 is 2.14 bits per heavy atom. The Kier molecular flexibility index (Phi) is 8.54. The summed E-state index contributed by atoms with van der Waals surface area (Å²) >= 11 is 0. The Hall–Kier alpha value is -0.630. The average Bonchev–Trinajstić information content (AvgIpc) is 2.15. The topological polar surface area (TPSA) is 43.1 Å². The molecular formula is C12H23NO. The van der Waals surface area contributed by atoms with Crippen molar-refractivity contribution in [3.05, 3.63) is 12.7 Å². The first-order valence-electron chi connectivity index (χ1n) is 5.57. The van der Waals surface area contributed by atoms with Crippen LogP contribution in [0.5, 0.6) is 0 Å². The number of ketones is 1. The molecule has 0 bridgehead atoms. The van der Waals surface area contributed by atoms with Crippen molar-refractivity contribution in [2.45, 2.75) is 45.4 Å². The van der Waals surface area contributed by atoms with E-state index in [1.807, 2.05) is 0 Å². The van der Waals surface area contributed by atoms with Gasteiger partial charge in [-0.3, -0.25) is 4.79 Å². The lowest BCUT2D eigenvalue weighted by molar-refractivity contribution is -0.118. The zero-order chi connectivity index (χ0) is 10.8. The summed E-state index contributed by atoms with van der Waals surface area (Å²) in [5, 5.41) is 0. The Balaban J connectivity index is 3.68. The van der Waals surface area contributed by atoms with Crippen LogP contribution in [0.3, 0.4) is 0 Å². The molecule has 0 aromatic carbocycles. The van der Waals surface area contributed by atoms with Crippen molar-refractivity contribution in [1.29, 1.82) is 0 Å². The van der Waals surface area contributed by atoms with Gasteiger partial charge in [-0.05, 0) is 25.3 Å². The van der Waals surface area contributed by atoms with E-state index in [1.165, 1.54) is 12.8 Å². The first-order chi connectivity index (χ1) is 6.74. The monoisotopic (exact) mass is 197 g/mol. The molecule has 0 rings (SSSR count). The van der Waals surface area contributed by atoms with E-state index in [4.69, 9.17) is 5.73 Å². The standard InChI is InChI=1S/C12H23NO/c1-3-5-11(9-10-13)7-8-12(14)6-4-2/h4,11H,2-3,5-10,13H2,1H3. The van der Waals surface area contributed by atoms with Crippen LogP contribution in [0.2, 0.25) is 0 Å². The fourth-order valence-electron chi connectivity index (χ4n) is 1.71. The van der Waals surface area contributed by atoms with Gasteiger partial charge in [0.25, 0.3) is 0 Å². The van der Waals surface area contributed by atoms with Gasteiger partial charge in [0.1, 0.15) is 5.78 Å². The Morgan fingerprint density at radius 3 is 2.64 bits per heavy atom. The first kappa shape index (κ1) is 13.4. The van der Waals surface area contributed by atoms with E-state index in [9.17, 15) is 4.79 Å². The largest absolute Gasteiger partial charge is 0.330 e. The highest BCUT2D eigenvalue weighted by Crippen LogP contribution is 2.17. The number of nitrogens with two attached hydrogens (primary N) is 1. The number of Topliss-reactive ketones (excluding diaryl/α,β-unsaturated/α-hetero) is 1. The summed E-state index contributed by atoms with van der Waals surface area (Å²) in [6, 6.07) is 0. The van der Waals surface area contributed by atoms with Crippen molar-refractivity contribution in [3.8, 4) is 0 Å². The molecule has 0 saturated heterocycles. The molecule has 0 fully saturated rings. The fourth-order valence-corrected chi connectivity index (χ4v) is 1.71. The van der Waals surface area contributed by atoms with Gasteiger partial charge in [-0.25, -0.2) is 0 Å². The van der Waals surface area contributed by atoms with Crippen molar-refractivity contribution in [2.75, 3.05) is 6.54 Å². The molecule has 0 radical (unpaired) electrons. The zero-order valence-electron chi connectivity index (χ0n) is 9.30. The van der Waals surface area contributed by atoms with Gasteiger partial charge in [0.15, 0.2) is 0 Å². The molecule has 14 heavy (non-hydrogen) atoms. The van der Waals surface area contributed by atoms with E-state index < -0.39 is 0 Å². The lowest BCUT2D eigenvalue weighted by atomic mass is 9.93. The zero-order valence-corrected chi connectivity index (χ0v) is 9.30. The summed E-state index contributed by atoms with van der Waals surface area (Å²) in [5.74, 6) is 0.942. The van der Waals surface area contributed by atoms with Crippen LogP contribution >= 0.6 is 0 Å². The molecule has 0 spiro atoms. The number of hydrogen-bond acceptors (Lipinski definition) is 2. The van der Waals surface area contributed by atoms with Gasteiger partial charge in [0, 0.05) is 12.8 Å². The third kappa shape index (κ3) is 6.84. The SMILES string of the molecule is C=CCC(=O)CCC(CCC)CCN. The predicted octanol–water partition coefficient (Wildman–Crippen LogP) is 2.68. The predicted molar refractivity (Wildman–Crippen MR) is 61.1 cm³/mol. The van der Waals surface area contributed by atoms with E-state index in [0.717, 1.165) is 19.4 Å². The molecular weight excluding hydrogens is 174 g/mol. The normalized spacial score (nSPS) is 12.4. The van der Waals surface area contributed by atoms with Crippen LogP contribution in [-0.4, -0.2) is 12.3 Å². The highest BCUT2D eigenvalue weighted by Gasteiger charge is 2.08. The minimum absolute atomic E-state index is 0.304. The lowest BCUT2D eigenvalue weighted by Gasteiger charge is -2.13. The minimum atomic E-state index is 0.304. The number of rotatable bonds is 9. The van der Waals surface area contributed by atoms with Crippen LogP contribution in [0, 0.1) is 5.92 Å². The summed E-state index contributed by atoms with van der Waals surface area (Å²) in [5.41, 5.74) is 5.52. The van der Waals surface area contributed by atoms with Crippen molar-refractivity contribution in [3.63, 3.8) is 0 Å². The highest BCUT2D eigenvalue weighted by molar-refractivity contribution is 5.79.